The molecule has 1 aromatic carbocycles. The molecule has 6 heteroatoms. The van der Waals surface area contributed by atoms with Crippen LogP contribution in [0.4, 0.5) is 5.82 Å². The van der Waals surface area contributed by atoms with Crippen molar-refractivity contribution in [1.82, 2.24) is 15.5 Å². The average molecular weight is 342 g/mol. The first-order valence-electron chi connectivity index (χ1n) is 8.85. The number of aliphatic hydroxyl groups excluding tert-OH is 1. The molecule has 1 aliphatic heterocycles. The van der Waals surface area contributed by atoms with Crippen molar-refractivity contribution in [2.24, 2.45) is 0 Å². The number of anilines is 1. The van der Waals surface area contributed by atoms with Gasteiger partial charge in [-0.3, -0.25) is 0 Å². The molecule has 0 saturated carbocycles. The van der Waals surface area contributed by atoms with Crippen molar-refractivity contribution in [3.05, 3.63) is 48.2 Å². The maximum atomic E-state index is 10.1. The van der Waals surface area contributed by atoms with Crippen LogP contribution in [0.15, 0.2) is 42.6 Å². The third-order valence-electron chi connectivity index (χ3n) is 4.51. The van der Waals surface area contributed by atoms with Gasteiger partial charge in [0.1, 0.15) is 18.5 Å². The molecule has 0 unspecified atom stereocenters. The third kappa shape index (κ3) is 4.90. The summed E-state index contributed by atoms with van der Waals surface area (Å²) >= 11 is 0. The molecule has 0 amide bonds. The minimum Gasteiger partial charge on any atom is -0.491 e. The first-order valence-corrected chi connectivity index (χ1v) is 8.85. The molecule has 2 N–H and O–H groups in total. The number of aliphatic hydroxyl groups is 1. The second-order valence-corrected chi connectivity index (χ2v) is 6.46. The van der Waals surface area contributed by atoms with Gasteiger partial charge in [-0.1, -0.05) is 18.2 Å². The Morgan fingerprint density at radius 1 is 1.32 bits per heavy atom. The van der Waals surface area contributed by atoms with E-state index in [4.69, 9.17) is 4.74 Å². The van der Waals surface area contributed by atoms with Crippen LogP contribution in [0, 0.1) is 6.92 Å². The summed E-state index contributed by atoms with van der Waals surface area (Å²) in [7, 11) is 0. The Hall–Kier alpha value is -2.18. The second kappa shape index (κ2) is 8.78. The van der Waals surface area contributed by atoms with E-state index < -0.39 is 6.10 Å². The highest BCUT2D eigenvalue weighted by molar-refractivity contribution is 5.39. The van der Waals surface area contributed by atoms with E-state index in [1.807, 2.05) is 43.3 Å². The van der Waals surface area contributed by atoms with Gasteiger partial charge in [0.25, 0.3) is 0 Å². The zero-order valence-corrected chi connectivity index (χ0v) is 14.6. The van der Waals surface area contributed by atoms with Crippen molar-refractivity contribution < 1.29 is 9.84 Å². The van der Waals surface area contributed by atoms with Crippen molar-refractivity contribution in [3.8, 4) is 5.75 Å². The number of nitrogens with zero attached hydrogens (tertiary/aromatic N) is 3. The monoisotopic (exact) mass is 342 g/mol. The Kier molecular flexibility index (Phi) is 6.19. The Balaban J connectivity index is 1.41. The topological polar surface area (TPSA) is 70.5 Å². The van der Waals surface area contributed by atoms with Crippen LogP contribution in [0.2, 0.25) is 0 Å². The molecular formula is C19H26N4O2. The summed E-state index contributed by atoms with van der Waals surface area (Å²) in [5, 5.41) is 21.7. The molecule has 2 atom stereocenters. The van der Waals surface area contributed by atoms with Gasteiger partial charge in [0.05, 0.1) is 0 Å². The predicted molar refractivity (Wildman–Crippen MR) is 98.0 cm³/mol. The summed E-state index contributed by atoms with van der Waals surface area (Å²) in [5.41, 5.74) is 1.08. The Morgan fingerprint density at radius 2 is 2.20 bits per heavy atom. The molecule has 0 aliphatic carbocycles. The van der Waals surface area contributed by atoms with Crippen LogP contribution in [0.3, 0.4) is 0 Å². The summed E-state index contributed by atoms with van der Waals surface area (Å²) in [6, 6.07) is 12.1. The number of hydrogen-bond acceptors (Lipinski definition) is 6. The largest absolute Gasteiger partial charge is 0.491 e. The van der Waals surface area contributed by atoms with E-state index >= 15 is 0 Å². The first kappa shape index (κ1) is 17.6. The van der Waals surface area contributed by atoms with Crippen LogP contribution >= 0.6 is 0 Å². The molecule has 1 saturated heterocycles. The molecule has 6 nitrogen and oxygen atoms in total. The van der Waals surface area contributed by atoms with Crippen molar-refractivity contribution in [2.45, 2.75) is 31.9 Å². The molecule has 0 radical (unpaired) electrons. The van der Waals surface area contributed by atoms with Crippen LogP contribution in [-0.2, 0) is 0 Å². The van der Waals surface area contributed by atoms with E-state index in [0.717, 1.165) is 43.1 Å². The minimum atomic E-state index is -0.536. The van der Waals surface area contributed by atoms with Crippen molar-refractivity contribution >= 4 is 5.82 Å². The number of aromatic nitrogens is 2. The van der Waals surface area contributed by atoms with E-state index in [2.05, 4.69) is 20.4 Å². The van der Waals surface area contributed by atoms with Crippen LogP contribution in [0.5, 0.6) is 5.75 Å². The second-order valence-electron chi connectivity index (χ2n) is 6.46. The number of benzene rings is 1. The van der Waals surface area contributed by atoms with Crippen molar-refractivity contribution in [1.29, 1.82) is 0 Å². The molecule has 0 bridgehead atoms. The van der Waals surface area contributed by atoms with Gasteiger partial charge in [0.15, 0.2) is 5.82 Å². The van der Waals surface area contributed by atoms with E-state index in [1.165, 1.54) is 0 Å². The fraction of sp³-hybridized carbons (Fsp3) is 0.474. The third-order valence-corrected chi connectivity index (χ3v) is 4.51. The summed E-state index contributed by atoms with van der Waals surface area (Å²) in [6.45, 7) is 4.62. The molecule has 134 valence electrons. The van der Waals surface area contributed by atoms with Gasteiger partial charge in [-0.2, -0.15) is 5.10 Å². The number of hydrogen-bond donors (Lipinski definition) is 2. The number of aryl methyl sites for hydroxylation is 1. The predicted octanol–water partition coefficient (Wildman–Crippen LogP) is 1.78. The molecule has 25 heavy (non-hydrogen) atoms. The summed E-state index contributed by atoms with van der Waals surface area (Å²) in [6.07, 6.45) is 3.43. The van der Waals surface area contributed by atoms with Gasteiger partial charge in [0, 0.05) is 31.9 Å². The highest BCUT2D eigenvalue weighted by atomic mass is 16.5. The lowest BCUT2D eigenvalue weighted by Gasteiger charge is -2.26. The quantitative estimate of drug-likeness (QED) is 0.762. The Labute approximate surface area is 148 Å². The molecule has 0 spiro atoms. The SMILES string of the molecule is Cc1ccccc1OC[C@H](O)CNC[C@@H]1CCCN1c1cccnn1. The number of para-hydroxylation sites is 1. The Morgan fingerprint density at radius 3 is 3.00 bits per heavy atom. The van der Waals surface area contributed by atoms with Gasteiger partial charge in [-0.05, 0) is 43.5 Å². The van der Waals surface area contributed by atoms with E-state index in [-0.39, 0.29) is 6.61 Å². The van der Waals surface area contributed by atoms with E-state index in [0.29, 0.717) is 12.6 Å². The maximum Gasteiger partial charge on any atom is 0.151 e. The number of rotatable bonds is 8. The lowest BCUT2D eigenvalue weighted by atomic mass is 10.2. The van der Waals surface area contributed by atoms with Crippen molar-refractivity contribution in [3.63, 3.8) is 0 Å². The molecule has 1 aromatic heterocycles. The number of ether oxygens (including phenoxy) is 1. The lowest BCUT2D eigenvalue weighted by Crippen LogP contribution is -2.41. The van der Waals surface area contributed by atoms with E-state index in [9.17, 15) is 5.11 Å². The summed E-state index contributed by atoms with van der Waals surface area (Å²) in [4.78, 5) is 2.29. The van der Waals surface area contributed by atoms with Gasteiger partial charge in [-0.25, -0.2) is 0 Å². The summed E-state index contributed by atoms with van der Waals surface area (Å²) in [5.74, 6) is 1.75. The van der Waals surface area contributed by atoms with Crippen molar-refractivity contribution in [2.75, 3.05) is 31.1 Å². The highest BCUT2D eigenvalue weighted by Crippen LogP contribution is 2.22. The van der Waals surface area contributed by atoms with Gasteiger partial charge >= 0.3 is 0 Å². The highest BCUT2D eigenvalue weighted by Gasteiger charge is 2.25. The molecule has 2 aromatic rings. The van der Waals surface area contributed by atoms with Gasteiger partial charge in [0.2, 0.25) is 0 Å². The number of nitrogens with one attached hydrogen (secondary N) is 1. The van der Waals surface area contributed by atoms with Crippen LogP contribution < -0.4 is 15.0 Å². The standard InChI is InChI=1S/C19H26N4O2/c1-15-6-2-3-8-18(15)25-14-17(24)13-20-12-16-7-5-11-23(16)19-9-4-10-21-22-19/h2-4,6,8-10,16-17,20,24H,5,7,11-14H2,1H3/t16-,17+/m0/s1. The molecule has 2 heterocycles. The minimum absolute atomic E-state index is 0.288. The first-order chi connectivity index (χ1) is 12.2. The molecular weight excluding hydrogens is 316 g/mol. The molecule has 3 rings (SSSR count). The lowest BCUT2D eigenvalue weighted by molar-refractivity contribution is 0.106. The molecule has 1 fully saturated rings. The Bertz CT molecular complexity index is 653. The van der Waals surface area contributed by atoms with Gasteiger partial charge < -0.3 is 20.1 Å². The smallest absolute Gasteiger partial charge is 0.151 e. The maximum absolute atomic E-state index is 10.1. The normalized spacial score (nSPS) is 18.3. The van der Waals surface area contributed by atoms with Crippen LogP contribution in [0.25, 0.3) is 0 Å². The fourth-order valence-corrected chi connectivity index (χ4v) is 3.18. The van der Waals surface area contributed by atoms with Crippen LogP contribution in [0.1, 0.15) is 18.4 Å². The average Bonchev–Trinajstić information content (AvgIpc) is 3.10. The zero-order valence-electron chi connectivity index (χ0n) is 14.6. The van der Waals surface area contributed by atoms with Gasteiger partial charge in [-0.15, -0.1) is 5.10 Å². The molecule has 1 aliphatic rings. The van der Waals surface area contributed by atoms with E-state index in [1.54, 1.807) is 6.20 Å². The fourth-order valence-electron chi connectivity index (χ4n) is 3.18. The summed E-state index contributed by atoms with van der Waals surface area (Å²) < 4.78 is 5.69. The zero-order chi connectivity index (χ0) is 17.5. The van der Waals surface area contributed by atoms with Crippen LogP contribution in [-0.4, -0.2) is 53.7 Å².